The summed E-state index contributed by atoms with van der Waals surface area (Å²) in [5.41, 5.74) is -0.743. The Hall–Kier alpha value is -4.08. The van der Waals surface area contributed by atoms with E-state index in [-0.39, 0.29) is 25.1 Å². The van der Waals surface area contributed by atoms with Crippen LogP contribution in [0.25, 0.3) is 0 Å². The van der Waals surface area contributed by atoms with Gasteiger partial charge in [0.15, 0.2) is 0 Å². The Labute approximate surface area is 199 Å². The zero-order valence-electron chi connectivity index (χ0n) is 18.8. The molecule has 3 N–H and O–H groups in total. The van der Waals surface area contributed by atoms with E-state index in [0.717, 1.165) is 17.0 Å². The van der Waals surface area contributed by atoms with Gasteiger partial charge in [0.25, 0.3) is 5.91 Å². The molecule has 0 aliphatic heterocycles. The zero-order chi connectivity index (χ0) is 25.6. The van der Waals surface area contributed by atoms with Gasteiger partial charge in [0.2, 0.25) is 0 Å². The van der Waals surface area contributed by atoms with Crippen molar-refractivity contribution >= 4 is 17.7 Å². The monoisotopic (exact) mass is 487 g/mol. The van der Waals surface area contributed by atoms with Gasteiger partial charge in [-0.3, -0.25) is 4.79 Å². The second-order valence-corrected chi connectivity index (χ2v) is 7.78. The molecule has 0 saturated carbocycles. The minimum atomic E-state index is -4.80. The third kappa shape index (κ3) is 6.50. The Morgan fingerprint density at radius 3 is 2.34 bits per heavy atom. The number of carbonyl (C=O) groups excluding carboxylic acids is 1. The van der Waals surface area contributed by atoms with Crippen LogP contribution in [0, 0.1) is 0 Å². The van der Waals surface area contributed by atoms with Crippen molar-refractivity contribution in [1.29, 1.82) is 0 Å². The lowest BCUT2D eigenvalue weighted by molar-refractivity contribution is -0.142. The molecular weight excluding hydrogens is 463 g/mol. The van der Waals surface area contributed by atoms with E-state index in [2.05, 4.69) is 10.3 Å². The number of phenols is 1. The number of aliphatic carboxylic acids is 1. The van der Waals surface area contributed by atoms with Gasteiger partial charge in [-0.2, -0.15) is 13.2 Å². The smallest absolute Gasteiger partial charge is 0.417 e. The van der Waals surface area contributed by atoms with E-state index in [1.54, 1.807) is 25.2 Å². The number of pyridine rings is 1. The van der Waals surface area contributed by atoms with Crippen molar-refractivity contribution in [3.63, 3.8) is 0 Å². The van der Waals surface area contributed by atoms with Crippen LogP contribution in [0.2, 0.25) is 0 Å². The molecule has 0 fully saturated rings. The first-order chi connectivity index (χ1) is 16.6. The van der Waals surface area contributed by atoms with Crippen LogP contribution >= 0.6 is 0 Å². The molecule has 7 nitrogen and oxygen atoms in total. The second kappa shape index (κ2) is 10.9. The molecule has 3 aromatic rings. The number of nitrogens with zero attached hydrogens (tertiary/aromatic N) is 2. The number of carboxylic acid groups (broad SMARTS) is 1. The van der Waals surface area contributed by atoms with E-state index in [1.807, 2.05) is 0 Å². The summed E-state index contributed by atoms with van der Waals surface area (Å²) in [6.45, 7) is -0.180. The maximum absolute atomic E-state index is 13.6. The highest BCUT2D eigenvalue weighted by molar-refractivity contribution is 5.98. The number of alkyl halides is 3. The second-order valence-electron chi connectivity index (χ2n) is 7.78. The fraction of sp³-hybridized carbons (Fsp3) is 0.240. The Morgan fingerprint density at radius 2 is 1.71 bits per heavy atom. The van der Waals surface area contributed by atoms with Crippen molar-refractivity contribution in [3.8, 4) is 5.75 Å². The average molecular weight is 487 g/mol. The molecule has 2 aromatic carbocycles. The minimum absolute atomic E-state index is 0.0249. The zero-order valence-corrected chi connectivity index (χ0v) is 18.8. The number of rotatable bonds is 9. The van der Waals surface area contributed by atoms with E-state index < -0.39 is 35.2 Å². The highest BCUT2D eigenvalue weighted by Crippen LogP contribution is 2.33. The third-order valence-electron chi connectivity index (χ3n) is 5.42. The number of phenolic OH excluding ortho intramolecular Hbond substituents is 1. The number of benzene rings is 2. The number of carbonyl (C=O) groups is 2. The molecule has 0 bridgehead atoms. The summed E-state index contributed by atoms with van der Waals surface area (Å²) in [5, 5.41) is 22.4. The first-order valence-corrected chi connectivity index (χ1v) is 10.7. The van der Waals surface area contributed by atoms with E-state index in [1.165, 1.54) is 36.4 Å². The van der Waals surface area contributed by atoms with Crippen LogP contribution in [0.15, 0.2) is 66.7 Å². The number of aromatic nitrogens is 1. The molecule has 10 heteroatoms. The van der Waals surface area contributed by atoms with Gasteiger partial charge in [-0.25, -0.2) is 9.78 Å². The van der Waals surface area contributed by atoms with Crippen molar-refractivity contribution in [1.82, 2.24) is 9.88 Å². The number of hydrogen-bond donors (Lipinski definition) is 3. The molecule has 184 valence electrons. The summed E-state index contributed by atoms with van der Waals surface area (Å²) in [7, 11) is 1.67. The quantitative estimate of drug-likeness (QED) is 0.418. The Kier molecular flexibility index (Phi) is 7.95. The topological polar surface area (TPSA) is 103 Å². The van der Waals surface area contributed by atoms with Crippen LogP contribution in [-0.2, 0) is 23.8 Å². The Balaban J connectivity index is 2.00. The number of anilines is 1. The number of halogens is 3. The molecule has 0 saturated heterocycles. The fourth-order valence-corrected chi connectivity index (χ4v) is 3.65. The van der Waals surface area contributed by atoms with Gasteiger partial charge in [-0.1, -0.05) is 30.3 Å². The molecular formula is C25H24F3N3O4. The summed E-state index contributed by atoms with van der Waals surface area (Å²) >= 11 is 0. The molecule has 0 radical (unpaired) electrons. The van der Waals surface area contributed by atoms with Crippen LogP contribution < -0.4 is 5.32 Å². The van der Waals surface area contributed by atoms with Crippen LogP contribution in [-0.4, -0.2) is 51.6 Å². The van der Waals surface area contributed by atoms with E-state index >= 15 is 0 Å². The molecule has 1 heterocycles. The van der Waals surface area contributed by atoms with E-state index in [9.17, 15) is 33.0 Å². The molecule has 0 aliphatic rings. The number of amides is 1. The van der Waals surface area contributed by atoms with Crippen molar-refractivity contribution in [3.05, 3.63) is 89.1 Å². The molecule has 0 spiro atoms. The number of carboxylic acids is 1. The van der Waals surface area contributed by atoms with Gasteiger partial charge in [-0.05, 0) is 42.0 Å². The summed E-state index contributed by atoms with van der Waals surface area (Å²) < 4.78 is 40.9. The lowest BCUT2D eigenvalue weighted by Gasteiger charge is -2.30. The maximum atomic E-state index is 13.6. The molecule has 1 atom stereocenters. The normalized spacial score (nSPS) is 12.1. The lowest BCUT2D eigenvalue weighted by atomic mass is 10.0. The predicted molar refractivity (Wildman–Crippen MR) is 123 cm³/mol. The Morgan fingerprint density at radius 1 is 1.03 bits per heavy atom. The fourth-order valence-electron chi connectivity index (χ4n) is 3.65. The molecule has 3 rings (SSSR count). The van der Waals surface area contributed by atoms with Crippen molar-refractivity contribution in [2.45, 2.75) is 25.1 Å². The van der Waals surface area contributed by atoms with Crippen molar-refractivity contribution in [2.75, 3.05) is 18.9 Å². The van der Waals surface area contributed by atoms with Gasteiger partial charge in [0.1, 0.15) is 17.6 Å². The molecule has 1 amide bonds. The molecule has 35 heavy (non-hydrogen) atoms. The van der Waals surface area contributed by atoms with E-state index in [0.29, 0.717) is 17.1 Å². The standard InChI is InChI=1S/C25H24F3N3O4/c1-29-22-8-4-5-17(30-22)13-14-31(21(24(34)35)15-16-9-11-18(32)12-10-16)23(33)19-6-2-3-7-20(19)25(26,27)28/h2-12,21,32H,13-15H2,1H3,(H,29,30)(H,34,35)/t21-/m0/s1. The number of nitrogens with one attached hydrogen (secondary N) is 1. The largest absolute Gasteiger partial charge is 0.508 e. The summed E-state index contributed by atoms with van der Waals surface area (Å²) in [6.07, 6.45) is -4.84. The maximum Gasteiger partial charge on any atom is 0.417 e. The number of aromatic hydroxyl groups is 1. The SMILES string of the molecule is CNc1cccc(CCN(C(=O)c2ccccc2C(F)(F)F)[C@@H](Cc2ccc(O)cc2)C(=O)O)n1. The summed E-state index contributed by atoms with van der Waals surface area (Å²) in [4.78, 5) is 31.0. The third-order valence-corrected chi connectivity index (χ3v) is 5.42. The Bertz CT molecular complexity index is 1180. The van der Waals surface area contributed by atoms with Crippen LogP contribution in [0.1, 0.15) is 27.2 Å². The van der Waals surface area contributed by atoms with E-state index in [4.69, 9.17) is 0 Å². The highest BCUT2D eigenvalue weighted by Gasteiger charge is 2.38. The first kappa shape index (κ1) is 25.5. The van der Waals surface area contributed by atoms with Gasteiger partial charge >= 0.3 is 12.1 Å². The van der Waals surface area contributed by atoms with Crippen molar-refractivity contribution < 1.29 is 33.0 Å². The highest BCUT2D eigenvalue weighted by atomic mass is 19.4. The van der Waals surface area contributed by atoms with Crippen molar-refractivity contribution in [2.24, 2.45) is 0 Å². The summed E-state index contributed by atoms with van der Waals surface area (Å²) in [5.74, 6) is -1.88. The lowest BCUT2D eigenvalue weighted by Crippen LogP contribution is -2.48. The predicted octanol–water partition coefficient (Wildman–Crippen LogP) is 4.23. The molecule has 0 aliphatic carbocycles. The average Bonchev–Trinajstić information content (AvgIpc) is 2.84. The summed E-state index contributed by atoms with van der Waals surface area (Å²) in [6, 6.07) is 13.7. The first-order valence-electron chi connectivity index (χ1n) is 10.7. The van der Waals surface area contributed by atoms with Crippen LogP contribution in [0.4, 0.5) is 19.0 Å². The van der Waals surface area contributed by atoms with Gasteiger partial charge in [0.05, 0.1) is 11.1 Å². The molecule has 1 aromatic heterocycles. The van der Waals surface area contributed by atoms with Crippen LogP contribution in [0.5, 0.6) is 5.75 Å². The number of hydrogen-bond acceptors (Lipinski definition) is 5. The van der Waals surface area contributed by atoms with Gasteiger partial charge < -0.3 is 20.4 Å². The van der Waals surface area contributed by atoms with Crippen LogP contribution in [0.3, 0.4) is 0 Å². The minimum Gasteiger partial charge on any atom is -0.508 e. The molecule has 0 unspecified atom stereocenters. The van der Waals surface area contributed by atoms with Gasteiger partial charge in [-0.15, -0.1) is 0 Å². The van der Waals surface area contributed by atoms with Gasteiger partial charge in [0, 0.05) is 32.1 Å².